The van der Waals surface area contributed by atoms with Gasteiger partial charge in [0.1, 0.15) is 11.6 Å². The molecule has 3 aromatic rings. The second-order valence-corrected chi connectivity index (χ2v) is 6.06. The van der Waals surface area contributed by atoms with E-state index in [-0.39, 0.29) is 11.5 Å². The Morgan fingerprint density at radius 1 is 1.19 bits per heavy atom. The van der Waals surface area contributed by atoms with E-state index in [2.05, 4.69) is 10.3 Å². The summed E-state index contributed by atoms with van der Waals surface area (Å²) in [5, 5.41) is 2.82. The first-order chi connectivity index (χ1) is 12.4. The van der Waals surface area contributed by atoms with Crippen molar-refractivity contribution in [3.63, 3.8) is 0 Å². The molecule has 2 aromatic carbocycles. The Bertz CT molecular complexity index is 993. The molecule has 0 fully saturated rings. The van der Waals surface area contributed by atoms with Gasteiger partial charge in [-0.05, 0) is 42.3 Å². The minimum Gasteiger partial charge on any atom is -0.497 e. The fourth-order valence-electron chi connectivity index (χ4n) is 3.14. The maximum Gasteiger partial charge on any atom is 0.416 e. The standard InChI is InChI=1S/C18H14F3N3O2/c1-26-12-5-2-10(3-6-12)8-14-16-22-13-9-11(18(19,20)21)4-7-15(13)24(16)17(25)23-14/h2-7,9,14H,8H2,1H3,(H,23,25). The number of benzene rings is 2. The van der Waals surface area contributed by atoms with Crippen molar-refractivity contribution in [3.8, 4) is 5.75 Å². The highest BCUT2D eigenvalue weighted by Crippen LogP contribution is 2.34. The van der Waals surface area contributed by atoms with Gasteiger partial charge in [0.15, 0.2) is 0 Å². The zero-order chi connectivity index (χ0) is 18.5. The van der Waals surface area contributed by atoms with Crippen molar-refractivity contribution < 1.29 is 22.7 Å². The number of carbonyl (C=O) groups excluding carboxylic acids is 1. The maximum atomic E-state index is 12.9. The lowest BCUT2D eigenvalue weighted by Gasteiger charge is -2.09. The van der Waals surface area contributed by atoms with Crippen LogP contribution in [0.2, 0.25) is 0 Å². The average Bonchev–Trinajstić information content (AvgIpc) is 3.12. The van der Waals surface area contributed by atoms with Crippen molar-refractivity contribution in [2.45, 2.75) is 18.6 Å². The van der Waals surface area contributed by atoms with Crippen LogP contribution in [0.1, 0.15) is 23.0 Å². The van der Waals surface area contributed by atoms with Crippen LogP contribution in [0.15, 0.2) is 42.5 Å². The predicted molar refractivity (Wildman–Crippen MR) is 88.1 cm³/mol. The molecule has 1 aromatic heterocycles. The molecule has 134 valence electrons. The van der Waals surface area contributed by atoms with Crippen LogP contribution < -0.4 is 10.1 Å². The molecule has 1 amide bonds. The Kier molecular flexibility index (Phi) is 3.64. The number of ether oxygens (including phenoxy) is 1. The van der Waals surface area contributed by atoms with Crippen molar-refractivity contribution in [2.24, 2.45) is 0 Å². The minimum atomic E-state index is -4.45. The minimum absolute atomic E-state index is 0.157. The topological polar surface area (TPSA) is 56.1 Å². The highest BCUT2D eigenvalue weighted by Gasteiger charge is 2.35. The van der Waals surface area contributed by atoms with Crippen LogP contribution in [0.5, 0.6) is 5.75 Å². The van der Waals surface area contributed by atoms with Gasteiger partial charge >= 0.3 is 12.2 Å². The SMILES string of the molecule is COc1ccc(CC2NC(=O)n3c2nc2cc(C(F)(F)F)ccc23)cc1. The smallest absolute Gasteiger partial charge is 0.416 e. The van der Waals surface area contributed by atoms with E-state index in [1.165, 1.54) is 10.6 Å². The lowest BCUT2D eigenvalue weighted by molar-refractivity contribution is -0.137. The molecule has 0 spiro atoms. The molecule has 1 atom stereocenters. The number of alkyl halides is 3. The highest BCUT2D eigenvalue weighted by molar-refractivity contribution is 5.92. The average molecular weight is 361 g/mol. The highest BCUT2D eigenvalue weighted by atomic mass is 19.4. The zero-order valence-electron chi connectivity index (χ0n) is 13.7. The molecule has 4 rings (SSSR count). The van der Waals surface area contributed by atoms with E-state index in [1.807, 2.05) is 24.3 Å². The molecular formula is C18H14F3N3O2. The second-order valence-electron chi connectivity index (χ2n) is 6.06. The Hall–Kier alpha value is -3.03. The van der Waals surface area contributed by atoms with Crippen LogP contribution in [0.3, 0.4) is 0 Å². The molecule has 2 heterocycles. The summed E-state index contributed by atoms with van der Waals surface area (Å²) in [6.45, 7) is 0. The summed E-state index contributed by atoms with van der Waals surface area (Å²) in [6, 6.07) is 9.79. The molecule has 8 heteroatoms. The third-order valence-electron chi connectivity index (χ3n) is 4.42. The van der Waals surface area contributed by atoms with Crippen LogP contribution in [-0.4, -0.2) is 22.7 Å². The van der Waals surface area contributed by atoms with Gasteiger partial charge in [-0.3, -0.25) is 0 Å². The first kappa shape index (κ1) is 16.4. The molecular weight excluding hydrogens is 347 g/mol. The predicted octanol–water partition coefficient (Wildman–Crippen LogP) is 3.92. The number of hydrogen-bond acceptors (Lipinski definition) is 3. The molecule has 0 saturated carbocycles. The number of nitrogens with zero attached hydrogens (tertiary/aromatic N) is 2. The molecule has 1 N–H and O–H groups in total. The maximum absolute atomic E-state index is 12.9. The van der Waals surface area contributed by atoms with Crippen LogP contribution in [-0.2, 0) is 12.6 Å². The van der Waals surface area contributed by atoms with E-state index in [9.17, 15) is 18.0 Å². The number of carbonyl (C=O) groups is 1. The van der Waals surface area contributed by atoms with E-state index in [1.54, 1.807) is 7.11 Å². The summed E-state index contributed by atoms with van der Waals surface area (Å²) in [5.74, 6) is 1.14. The van der Waals surface area contributed by atoms with Gasteiger partial charge in [0, 0.05) is 0 Å². The molecule has 0 aliphatic carbocycles. The monoisotopic (exact) mass is 361 g/mol. The Morgan fingerprint density at radius 2 is 1.92 bits per heavy atom. The van der Waals surface area contributed by atoms with Crippen LogP contribution >= 0.6 is 0 Å². The Morgan fingerprint density at radius 3 is 2.58 bits per heavy atom. The normalized spacial score (nSPS) is 16.6. The summed E-state index contributed by atoms with van der Waals surface area (Å²) in [6.07, 6.45) is -3.97. The van der Waals surface area contributed by atoms with Gasteiger partial charge in [0.2, 0.25) is 0 Å². The fraction of sp³-hybridized carbons (Fsp3) is 0.222. The molecule has 0 radical (unpaired) electrons. The van der Waals surface area contributed by atoms with E-state index < -0.39 is 17.8 Å². The lowest BCUT2D eigenvalue weighted by atomic mass is 10.1. The largest absolute Gasteiger partial charge is 0.497 e. The first-order valence-corrected chi connectivity index (χ1v) is 7.90. The summed E-state index contributed by atoms with van der Waals surface area (Å²) < 4.78 is 45.1. The molecule has 0 saturated heterocycles. The number of hydrogen-bond donors (Lipinski definition) is 1. The molecule has 0 bridgehead atoms. The number of imidazole rings is 1. The van der Waals surface area contributed by atoms with Crippen molar-refractivity contribution in [1.82, 2.24) is 14.9 Å². The van der Waals surface area contributed by atoms with Crippen molar-refractivity contribution in [1.29, 1.82) is 0 Å². The fourth-order valence-corrected chi connectivity index (χ4v) is 3.14. The molecule has 26 heavy (non-hydrogen) atoms. The van der Waals surface area contributed by atoms with E-state index in [4.69, 9.17) is 4.74 Å². The van der Waals surface area contributed by atoms with Gasteiger partial charge in [-0.25, -0.2) is 14.3 Å². The summed E-state index contributed by atoms with van der Waals surface area (Å²) in [4.78, 5) is 16.6. The summed E-state index contributed by atoms with van der Waals surface area (Å²) in [5.41, 5.74) is 0.689. The lowest BCUT2D eigenvalue weighted by Crippen LogP contribution is -2.22. The molecule has 5 nitrogen and oxygen atoms in total. The number of methoxy groups -OCH3 is 1. The van der Waals surface area contributed by atoms with E-state index >= 15 is 0 Å². The van der Waals surface area contributed by atoms with Crippen LogP contribution in [0.25, 0.3) is 11.0 Å². The number of nitrogens with one attached hydrogen (secondary N) is 1. The van der Waals surface area contributed by atoms with Crippen LogP contribution in [0, 0.1) is 0 Å². The van der Waals surface area contributed by atoms with Gasteiger partial charge in [-0.2, -0.15) is 13.2 Å². The van der Waals surface area contributed by atoms with Gasteiger partial charge < -0.3 is 10.1 Å². The third kappa shape index (κ3) is 2.67. The van der Waals surface area contributed by atoms with Crippen molar-refractivity contribution >= 4 is 17.1 Å². The number of rotatable bonds is 3. The zero-order valence-corrected chi connectivity index (χ0v) is 13.7. The summed E-state index contributed by atoms with van der Waals surface area (Å²) in [7, 11) is 1.57. The number of amides is 1. The molecule has 1 aliphatic heterocycles. The van der Waals surface area contributed by atoms with Crippen molar-refractivity contribution in [3.05, 3.63) is 59.4 Å². The molecule has 1 aliphatic rings. The van der Waals surface area contributed by atoms with E-state index in [0.29, 0.717) is 17.8 Å². The third-order valence-corrected chi connectivity index (χ3v) is 4.42. The van der Waals surface area contributed by atoms with Crippen LogP contribution in [0.4, 0.5) is 18.0 Å². The van der Waals surface area contributed by atoms with Gasteiger partial charge in [-0.1, -0.05) is 12.1 Å². The van der Waals surface area contributed by atoms with Gasteiger partial charge in [0.25, 0.3) is 0 Å². The van der Waals surface area contributed by atoms with Crippen molar-refractivity contribution in [2.75, 3.05) is 7.11 Å². The molecule has 1 unspecified atom stereocenters. The Balaban J connectivity index is 1.70. The Labute approximate surface area is 146 Å². The number of aromatic nitrogens is 2. The summed E-state index contributed by atoms with van der Waals surface area (Å²) >= 11 is 0. The first-order valence-electron chi connectivity index (χ1n) is 7.90. The van der Waals surface area contributed by atoms with Gasteiger partial charge in [0.05, 0.1) is 29.7 Å². The second kappa shape index (κ2) is 5.76. The van der Waals surface area contributed by atoms with E-state index in [0.717, 1.165) is 23.4 Å². The van der Waals surface area contributed by atoms with Gasteiger partial charge in [-0.15, -0.1) is 0 Å². The number of fused-ring (bicyclic) bond motifs is 3. The quantitative estimate of drug-likeness (QED) is 0.769. The number of halogens is 3.